The minimum absolute atomic E-state index is 0.174. The number of rotatable bonds is 5. The average molecular weight is 387 g/mol. The molecule has 2 heterocycles. The van der Waals surface area contributed by atoms with Crippen LogP contribution in [-0.2, 0) is 0 Å². The van der Waals surface area contributed by atoms with Crippen LogP contribution < -0.4 is 0 Å². The van der Waals surface area contributed by atoms with E-state index >= 15 is 0 Å². The highest BCUT2D eigenvalue weighted by atomic mass is 16.4. The number of carboxylic acids is 1. The maximum atomic E-state index is 11.0. The van der Waals surface area contributed by atoms with Crippen LogP contribution in [0.1, 0.15) is 21.7 Å². The van der Waals surface area contributed by atoms with Crippen LogP contribution in [0, 0.1) is 6.92 Å². The number of aliphatic imine (C=N–C) groups is 1. The Morgan fingerprint density at radius 3 is 2.59 bits per heavy atom. The summed E-state index contributed by atoms with van der Waals surface area (Å²) in [5.74, 6) is -0.152. The SMILES string of the molecule is Cc1ccc(-c2nn(-c3ccccc3)cc2C=Nc2ccc(C(=O)O)c(O)c2)o1. The van der Waals surface area contributed by atoms with Crippen molar-refractivity contribution in [1.29, 1.82) is 0 Å². The summed E-state index contributed by atoms with van der Waals surface area (Å²) >= 11 is 0. The van der Waals surface area contributed by atoms with Gasteiger partial charge in [0.05, 0.1) is 11.4 Å². The molecule has 4 rings (SSSR count). The highest BCUT2D eigenvalue weighted by molar-refractivity contribution is 5.92. The number of carboxylic acid groups (broad SMARTS) is 1. The summed E-state index contributed by atoms with van der Waals surface area (Å²) in [6.45, 7) is 1.86. The van der Waals surface area contributed by atoms with Gasteiger partial charge >= 0.3 is 5.97 Å². The Morgan fingerprint density at radius 2 is 1.93 bits per heavy atom. The summed E-state index contributed by atoms with van der Waals surface area (Å²) in [5, 5.41) is 23.5. The van der Waals surface area contributed by atoms with Crippen molar-refractivity contribution in [2.75, 3.05) is 0 Å². The van der Waals surface area contributed by atoms with Gasteiger partial charge in [0.1, 0.15) is 22.8 Å². The molecule has 0 unspecified atom stereocenters. The molecule has 2 N–H and O–H groups in total. The van der Waals surface area contributed by atoms with E-state index in [0.717, 1.165) is 11.4 Å². The largest absolute Gasteiger partial charge is 0.507 e. The third-order valence-corrected chi connectivity index (χ3v) is 4.30. The number of furan rings is 1. The first-order valence-electron chi connectivity index (χ1n) is 8.83. The van der Waals surface area contributed by atoms with Crippen LogP contribution in [0.25, 0.3) is 17.1 Å². The number of hydrogen-bond donors (Lipinski definition) is 2. The van der Waals surface area contributed by atoms with Crippen molar-refractivity contribution < 1.29 is 19.4 Å². The molecule has 7 nitrogen and oxygen atoms in total. The maximum absolute atomic E-state index is 11.0. The number of aromatic nitrogens is 2. The number of nitrogens with zero attached hydrogens (tertiary/aromatic N) is 3. The van der Waals surface area contributed by atoms with Crippen molar-refractivity contribution in [2.24, 2.45) is 4.99 Å². The van der Waals surface area contributed by atoms with Crippen molar-refractivity contribution in [3.05, 3.63) is 83.7 Å². The Balaban J connectivity index is 1.74. The van der Waals surface area contributed by atoms with Crippen LogP contribution >= 0.6 is 0 Å². The molecule has 29 heavy (non-hydrogen) atoms. The topological polar surface area (TPSA) is 101 Å². The van der Waals surface area contributed by atoms with Crippen LogP contribution in [0.15, 0.2) is 76.3 Å². The fraction of sp³-hybridized carbons (Fsp3) is 0.0455. The summed E-state index contributed by atoms with van der Waals surface area (Å²) < 4.78 is 7.47. The molecule has 0 bridgehead atoms. The van der Waals surface area contributed by atoms with E-state index in [1.54, 1.807) is 10.9 Å². The van der Waals surface area contributed by atoms with Crippen molar-refractivity contribution in [1.82, 2.24) is 9.78 Å². The Kier molecular flexibility index (Phi) is 4.70. The van der Waals surface area contributed by atoms with Crippen molar-refractivity contribution in [2.45, 2.75) is 6.92 Å². The monoisotopic (exact) mass is 387 g/mol. The molecule has 7 heteroatoms. The highest BCUT2D eigenvalue weighted by Gasteiger charge is 2.14. The Morgan fingerprint density at radius 1 is 1.14 bits per heavy atom. The quantitative estimate of drug-likeness (QED) is 0.488. The van der Waals surface area contributed by atoms with E-state index in [1.807, 2.05) is 55.6 Å². The van der Waals surface area contributed by atoms with Gasteiger partial charge in [0.15, 0.2) is 5.76 Å². The lowest BCUT2D eigenvalue weighted by Crippen LogP contribution is -1.95. The average Bonchev–Trinajstić information content (AvgIpc) is 3.33. The van der Waals surface area contributed by atoms with Gasteiger partial charge in [0.2, 0.25) is 0 Å². The predicted octanol–water partition coefficient (Wildman–Crippen LogP) is 4.60. The maximum Gasteiger partial charge on any atom is 0.339 e. The standard InChI is InChI=1S/C22H17N3O4/c1-14-7-10-20(29-14)21-15(13-25(24-21)17-5-3-2-4-6-17)12-23-16-8-9-18(22(27)28)19(26)11-16/h2-13,26H,1H3,(H,27,28). The number of aromatic carboxylic acids is 1. The van der Waals surface area contributed by atoms with Gasteiger partial charge in [-0.15, -0.1) is 0 Å². The number of aromatic hydroxyl groups is 1. The predicted molar refractivity (Wildman–Crippen MR) is 108 cm³/mol. The van der Waals surface area contributed by atoms with Crippen molar-refractivity contribution in [3.63, 3.8) is 0 Å². The van der Waals surface area contributed by atoms with E-state index in [-0.39, 0.29) is 11.3 Å². The summed E-state index contributed by atoms with van der Waals surface area (Å²) in [6, 6.07) is 17.5. The fourth-order valence-electron chi connectivity index (χ4n) is 2.87. The minimum Gasteiger partial charge on any atom is -0.507 e. The molecule has 0 saturated heterocycles. The van der Waals surface area contributed by atoms with E-state index in [4.69, 9.17) is 9.52 Å². The molecule has 0 aliphatic carbocycles. The third kappa shape index (κ3) is 3.79. The molecule has 0 radical (unpaired) electrons. The van der Waals surface area contributed by atoms with E-state index in [9.17, 15) is 9.90 Å². The Bertz CT molecular complexity index is 1210. The molecule has 0 amide bonds. The zero-order chi connectivity index (χ0) is 20.4. The summed E-state index contributed by atoms with van der Waals surface area (Å²) in [6.07, 6.45) is 3.44. The molecule has 0 saturated carbocycles. The summed E-state index contributed by atoms with van der Waals surface area (Å²) in [7, 11) is 0. The number of phenols is 1. The summed E-state index contributed by atoms with van der Waals surface area (Å²) in [4.78, 5) is 15.4. The number of carbonyl (C=O) groups is 1. The highest BCUT2D eigenvalue weighted by Crippen LogP contribution is 2.27. The van der Waals surface area contributed by atoms with E-state index in [0.29, 0.717) is 22.7 Å². The Hall–Kier alpha value is -4.13. The van der Waals surface area contributed by atoms with Gasteiger partial charge in [0.25, 0.3) is 0 Å². The van der Waals surface area contributed by atoms with Crippen molar-refractivity contribution >= 4 is 17.9 Å². The smallest absolute Gasteiger partial charge is 0.339 e. The molecule has 144 valence electrons. The van der Waals surface area contributed by atoms with Crippen molar-refractivity contribution in [3.8, 4) is 22.9 Å². The van der Waals surface area contributed by atoms with E-state index in [1.165, 1.54) is 18.2 Å². The molecule has 4 aromatic rings. The van der Waals surface area contributed by atoms with Gasteiger partial charge in [-0.25, -0.2) is 9.48 Å². The third-order valence-electron chi connectivity index (χ3n) is 4.30. The molecule has 2 aromatic heterocycles. The lowest BCUT2D eigenvalue weighted by Gasteiger charge is -2.00. The first kappa shape index (κ1) is 18.2. The lowest BCUT2D eigenvalue weighted by molar-refractivity contribution is 0.0694. The zero-order valence-electron chi connectivity index (χ0n) is 15.5. The molecule has 0 fully saturated rings. The number of hydrogen-bond acceptors (Lipinski definition) is 5. The van der Waals surface area contributed by atoms with E-state index < -0.39 is 5.97 Å². The normalized spacial score (nSPS) is 11.2. The zero-order valence-corrected chi connectivity index (χ0v) is 15.5. The Labute approximate surface area is 166 Å². The van der Waals surface area contributed by atoms with Gasteiger partial charge in [0, 0.05) is 24.0 Å². The number of aryl methyl sites for hydroxylation is 1. The van der Waals surface area contributed by atoms with Crippen LogP contribution in [0.3, 0.4) is 0 Å². The van der Waals surface area contributed by atoms with Gasteiger partial charge in [-0.1, -0.05) is 18.2 Å². The molecule has 0 spiro atoms. The number of benzene rings is 2. The molecular formula is C22H17N3O4. The second-order valence-corrected chi connectivity index (χ2v) is 6.39. The lowest BCUT2D eigenvalue weighted by atomic mass is 10.2. The molecule has 0 atom stereocenters. The first-order valence-corrected chi connectivity index (χ1v) is 8.83. The second kappa shape index (κ2) is 7.47. The molecule has 2 aromatic carbocycles. The molecule has 0 aliphatic heterocycles. The van der Waals surface area contributed by atoms with Crippen LogP contribution in [0.5, 0.6) is 5.75 Å². The van der Waals surface area contributed by atoms with Crippen LogP contribution in [-0.4, -0.2) is 32.2 Å². The van der Waals surface area contributed by atoms with Gasteiger partial charge in [-0.05, 0) is 43.3 Å². The van der Waals surface area contributed by atoms with Crippen LogP contribution in [0.2, 0.25) is 0 Å². The second-order valence-electron chi connectivity index (χ2n) is 6.39. The summed E-state index contributed by atoms with van der Waals surface area (Å²) in [5.41, 5.74) is 2.47. The van der Waals surface area contributed by atoms with Gasteiger partial charge in [-0.2, -0.15) is 5.10 Å². The molecule has 0 aliphatic rings. The fourth-order valence-corrected chi connectivity index (χ4v) is 2.87. The first-order chi connectivity index (χ1) is 14.0. The van der Waals surface area contributed by atoms with E-state index in [2.05, 4.69) is 10.1 Å². The van der Waals surface area contributed by atoms with Gasteiger partial charge in [-0.3, -0.25) is 4.99 Å². The van der Waals surface area contributed by atoms with Gasteiger partial charge < -0.3 is 14.6 Å². The minimum atomic E-state index is -1.20. The molecular weight excluding hydrogens is 370 g/mol. The van der Waals surface area contributed by atoms with Crippen LogP contribution in [0.4, 0.5) is 5.69 Å². The number of para-hydroxylation sites is 1.